The molecule has 1 aliphatic heterocycles. The van der Waals surface area contributed by atoms with Crippen molar-refractivity contribution < 1.29 is 19.4 Å². The standard InChI is InChI=1S/C15H20BrNO2.C3H8.2CH2O/c1-11(19-2)12-8-13(16)10-14(9-12)17-6-3-4-15(18)5-7-17;1-3-2;2*1-2/h8-10,15,18H,1,3-7H2,2H3;3H2,1-2H3;2*1H2. The molecule has 0 saturated carbocycles. The molecule has 1 unspecified atom stereocenters. The molecule has 1 atom stereocenters. The minimum Gasteiger partial charge on any atom is -0.497 e. The zero-order valence-electron chi connectivity index (χ0n) is 16.2. The number of carbonyl (C=O) groups excluding carboxylic acids is 2. The number of ether oxygens (including phenoxy) is 1. The Morgan fingerprint density at radius 2 is 1.77 bits per heavy atom. The number of carbonyl (C=O) groups is 2. The summed E-state index contributed by atoms with van der Waals surface area (Å²) < 4.78 is 6.22. The van der Waals surface area contributed by atoms with Gasteiger partial charge in [-0.3, -0.25) is 0 Å². The van der Waals surface area contributed by atoms with Crippen LogP contribution in [-0.2, 0) is 14.3 Å². The van der Waals surface area contributed by atoms with E-state index in [1.54, 1.807) is 7.11 Å². The van der Waals surface area contributed by atoms with Gasteiger partial charge in [-0.05, 0) is 37.5 Å². The molecule has 5 nitrogen and oxygen atoms in total. The second kappa shape index (κ2) is 16.8. The molecule has 6 heteroatoms. The van der Waals surface area contributed by atoms with Gasteiger partial charge in [-0.25, -0.2) is 0 Å². The summed E-state index contributed by atoms with van der Waals surface area (Å²) in [6.45, 7) is 14.0. The number of anilines is 1. The average Bonchev–Trinajstić information content (AvgIpc) is 2.89. The highest BCUT2D eigenvalue weighted by molar-refractivity contribution is 9.10. The molecule has 0 spiro atoms. The van der Waals surface area contributed by atoms with Gasteiger partial charge in [0.25, 0.3) is 0 Å². The fourth-order valence-corrected chi connectivity index (χ4v) is 2.85. The van der Waals surface area contributed by atoms with Crippen LogP contribution in [0.4, 0.5) is 5.69 Å². The van der Waals surface area contributed by atoms with Crippen molar-refractivity contribution in [1.29, 1.82) is 0 Å². The van der Waals surface area contributed by atoms with E-state index >= 15 is 0 Å². The summed E-state index contributed by atoms with van der Waals surface area (Å²) in [4.78, 5) is 18.3. The van der Waals surface area contributed by atoms with Crippen molar-refractivity contribution in [3.63, 3.8) is 0 Å². The number of aliphatic hydroxyl groups excluding tert-OH is 1. The zero-order chi connectivity index (χ0) is 20.5. The zero-order valence-corrected chi connectivity index (χ0v) is 17.8. The van der Waals surface area contributed by atoms with E-state index in [0.717, 1.165) is 48.1 Å². The minimum absolute atomic E-state index is 0.162. The number of hydrogen-bond acceptors (Lipinski definition) is 5. The predicted molar refractivity (Wildman–Crippen MR) is 112 cm³/mol. The van der Waals surface area contributed by atoms with Crippen molar-refractivity contribution in [2.75, 3.05) is 25.1 Å². The molecule has 1 aromatic rings. The Balaban J connectivity index is 0. The molecule has 1 saturated heterocycles. The van der Waals surface area contributed by atoms with Crippen LogP contribution in [0.25, 0.3) is 5.76 Å². The lowest BCUT2D eigenvalue weighted by molar-refractivity contribution is -0.0987. The molecule has 1 aliphatic rings. The van der Waals surface area contributed by atoms with Crippen LogP contribution >= 0.6 is 15.9 Å². The Kier molecular flexibility index (Phi) is 17.2. The van der Waals surface area contributed by atoms with Crippen LogP contribution in [0.3, 0.4) is 0 Å². The third-order valence-corrected chi connectivity index (χ3v) is 3.97. The number of aliphatic hydroxyl groups is 1. The van der Waals surface area contributed by atoms with Gasteiger partial charge in [0.2, 0.25) is 0 Å². The van der Waals surface area contributed by atoms with Gasteiger partial charge in [0.1, 0.15) is 19.3 Å². The maximum atomic E-state index is 9.72. The van der Waals surface area contributed by atoms with E-state index in [1.165, 1.54) is 6.42 Å². The van der Waals surface area contributed by atoms with Gasteiger partial charge in [0.05, 0.1) is 13.2 Å². The Hall–Kier alpha value is -1.66. The van der Waals surface area contributed by atoms with Crippen LogP contribution in [0.1, 0.15) is 45.1 Å². The molecule has 1 fully saturated rings. The number of nitrogens with zero attached hydrogens (tertiary/aromatic N) is 1. The first-order valence-corrected chi connectivity index (χ1v) is 9.35. The number of rotatable bonds is 3. The van der Waals surface area contributed by atoms with E-state index in [0.29, 0.717) is 5.76 Å². The summed E-state index contributed by atoms with van der Waals surface area (Å²) in [5, 5.41) is 9.72. The number of benzene rings is 1. The van der Waals surface area contributed by atoms with Crippen LogP contribution < -0.4 is 4.90 Å². The van der Waals surface area contributed by atoms with Crippen LogP contribution in [0.15, 0.2) is 29.3 Å². The Morgan fingerprint density at radius 3 is 2.31 bits per heavy atom. The van der Waals surface area contributed by atoms with Gasteiger partial charge in [-0.1, -0.05) is 42.8 Å². The predicted octanol–water partition coefficient (Wildman–Crippen LogP) is 4.46. The minimum atomic E-state index is -0.162. The first-order chi connectivity index (χ1) is 12.5. The Labute approximate surface area is 166 Å². The van der Waals surface area contributed by atoms with Gasteiger partial charge in [-0.2, -0.15) is 0 Å². The highest BCUT2D eigenvalue weighted by Gasteiger charge is 2.16. The quantitative estimate of drug-likeness (QED) is 0.717. The molecule has 1 N–H and O–H groups in total. The molecule has 1 heterocycles. The molecule has 0 aromatic heterocycles. The highest BCUT2D eigenvalue weighted by atomic mass is 79.9. The van der Waals surface area contributed by atoms with Gasteiger partial charge < -0.3 is 24.3 Å². The smallest absolute Gasteiger partial charge is 0.119 e. The number of hydrogen-bond donors (Lipinski definition) is 1. The molecule has 0 radical (unpaired) electrons. The topological polar surface area (TPSA) is 66.8 Å². The van der Waals surface area contributed by atoms with E-state index in [9.17, 15) is 5.11 Å². The molecule has 148 valence electrons. The van der Waals surface area contributed by atoms with Gasteiger partial charge in [0.15, 0.2) is 0 Å². The second-order valence-corrected chi connectivity index (χ2v) is 6.52. The van der Waals surface area contributed by atoms with Crippen LogP contribution in [0.5, 0.6) is 0 Å². The van der Waals surface area contributed by atoms with Gasteiger partial charge in [-0.15, -0.1) is 0 Å². The SMILES string of the molecule is C=C(OC)c1cc(Br)cc(N2CCCC(O)CC2)c1.C=O.C=O.CCC. The van der Waals surface area contributed by atoms with Crippen LogP contribution in [0, 0.1) is 0 Å². The number of halogens is 1. The molecule has 0 bridgehead atoms. The molecule has 26 heavy (non-hydrogen) atoms. The third-order valence-electron chi connectivity index (χ3n) is 3.51. The second-order valence-electron chi connectivity index (χ2n) is 5.60. The van der Waals surface area contributed by atoms with Gasteiger partial charge >= 0.3 is 0 Å². The van der Waals surface area contributed by atoms with Crippen molar-refractivity contribution in [3.05, 3.63) is 34.8 Å². The Morgan fingerprint density at radius 1 is 1.19 bits per heavy atom. The van der Waals surface area contributed by atoms with E-state index in [-0.39, 0.29) is 6.10 Å². The fraction of sp³-hybridized carbons (Fsp3) is 0.500. The highest BCUT2D eigenvalue weighted by Crippen LogP contribution is 2.28. The van der Waals surface area contributed by atoms with Crippen LogP contribution in [-0.4, -0.2) is 45.0 Å². The third kappa shape index (κ3) is 10.4. The van der Waals surface area contributed by atoms with E-state index < -0.39 is 0 Å². The van der Waals surface area contributed by atoms with Crippen molar-refractivity contribution in [3.8, 4) is 0 Å². The molecular weight excluding hydrogens is 398 g/mol. The summed E-state index contributed by atoms with van der Waals surface area (Å²) in [5.74, 6) is 0.664. The summed E-state index contributed by atoms with van der Waals surface area (Å²) in [7, 11) is 1.63. The summed E-state index contributed by atoms with van der Waals surface area (Å²) in [5.41, 5.74) is 2.13. The number of methoxy groups -OCH3 is 1. The first kappa shape index (κ1) is 26.6. The molecule has 1 aromatic carbocycles. The monoisotopic (exact) mass is 429 g/mol. The lowest BCUT2D eigenvalue weighted by atomic mass is 10.1. The van der Waals surface area contributed by atoms with E-state index in [1.807, 2.05) is 19.6 Å². The summed E-state index contributed by atoms with van der Waals surface area (Å²) >= 11 is 3.54. The first-order valence-electron chi connectivity index (χ1n) is 8.56. The Bertz CT molecular complexity index is 509. The summed E-state index contributed by atoms with van der Waals surface area (Å²) in [6.07, 6.45) is 3.83. The fourth-order valence-electron chi connectivity index (χ4n) is 2.37. The van der Waals surface area contributed by atoms with Crippen molar-refractivity contribution in [1.82, 2.24) is 0 Å². The van der Waals surface area contributed by atoms with Crippen LogP contribution in [0.2, 0.25) is 0 Å². The summed E-state index contributed by atoms with van der Waals surface area (Å²) in [6, 6.07) is 6.19. The molecule has 0 aliphatic carbocycles. The van der Waals surface area contributed by atoms with E-state index in [2.05, 4.69) is 53.4 Å². The van der Waals surface area contributed by atoms with Gasteiger partial charge in [0, 0.05) is 28.8 Å². The van der Waals surface area contributed by atoms with E-state index in [4.69, 9.17) is 14.3 Å². The van der Waals surface area contributed by atoms with Crippen molar-refractivity contribution in [2.45, 2.75) is 45.6 Å². The average molecular weight is 430 g/mol. The molecular formula is C20H32BrNO4. The maximum Gasteiger partial charge on any atom is 0.119 e. The lowest BCUT2D eigenvalue weighted by Gasteiger charge is -2.24. The van der Waals surface area contributed by atoms with Crippen molar-refractivity contribution in [2.24, 2.45) is 0 Å². The lowest BCUT2D eigenvalue weighted by Crippen LogP contribution is -2.24. The normalized spacial score (nSPS) is 15.6. The molecule has 2 rings (SSSR count). The largest absolute Gasteiger partial charge is 0.497 e. The molecule has 0 amide bonds. The van der Waals surface area contributed by atoms with Crippen molar-refractivity contribution >= 4 is 41.0 Å². The maximum absolute atomic E-state index is 9.72.